The van der Waals surface area contributed by atoms with Gasteiger partial charge >= 0.3 is 0 Å². The fourth-order valence-electron chi connectivity index (χ4n) is 3.17. The number of aryl methyl sites for hydroxylation is 1. The lowest BCUT2D eigenvalue weighted by Gasteiger charge is -2.06. The number of benzene rings is 3. The number of nitrogens with zero attached hydrogens (tertiary/aromatic N) is 2. The summed E-state index contributed by atoms with van der Waals surface area (Å²) in [6.45, 7) is 0. The van der Waals surface area contributed by atoms with Crippen LogP contribution >= 0.6 is 0 Å². The number of anilines is 2. The van der Waals surface area contributed by atoms with E-state index in [9.17, 15) is 9.59 Å². The zero-order valence-corrected chi connectivity index (χ0v) is 17.7. The number of methoxy groups -OCH3 is 1. The number of aromatic nitrogens is 2. The number of rotatable bonds is 6. The monoisotopic (exact) mass is 426 g/mol. The third-order valence-electron chi connectivity index (χ3n) is 4.95. The molecule has 7 nitrogen and oxygen atoms in total. The third-order valence-corrected chi connectivity index (χ3v) is 4.95. The number of carbonyl (C=O) groups excluding carboxylic acids is 2. The van der Waals surface area contributed by atoms with E-state index in [4.69, 9.17) is 4.74 Å². The minimum atomic E-state index is -0.235. The molecule has 0 saturated carbocycles. The highest BCUT2D eigenvalue weighted by atomic mass is 16.5. The maximum absolute atomic E-state index is 12.5. The Labute approximate surface area is 185 Å². The van der Waals surface area contributed by atoms with E-state index < -0.39 is 0 Å². The molecule has 0 spiro atoms. The van der Waals surface area contributed by atoms with Crippen LogP contribution in [0.2, 0.25) is 0 Å². The van der Waals surface area contributed by atoms with Crippen molar-refractivity contribution in [3.8, 4) is 17.0 Å². The molecule has 0 aliphatic carbocycles. The molecule has 3 aromatic carbocycles. The number of ether oxygens (including phenoxy) is 1. The SMILES string of the molecule is COc1ccc(C(=O)Nc2cc(-c3ccc(NC(=O)c4ccccc4)cc3)nn2C)cc1. The van der Waals surface area contributed by atoms with E-state index >= 15 is 0 Å². The molecule has 2 N–H and O–H groups in total. The molecule has 1 aromatic heterocycles. The van der Waals surface area contributed by atoms with Gasteiger partial charge in [0.15, 0.2) is 0 Å². The van der Waals surface area contributed by atoms with E-state index in [2.05, 4.69) is 15.7 Å². The Morgan fingerprint density at radius 1 is 0.812 bits per heavy atom. The van der Waals surface area contributed by atoms with Gasteiger partial charge in [0, 0.05) is 35.5 Å². The van der Waals surface area contributed by atoms with Gasteiger partial charge in [0.05, 0.1) is 12.8 Å². The highest BCUT2D eigenvalue weighted by Gasteiger charge is 2.12. The molecule has 0 radical (unpaired) electrons. The Balaban J connectivity index is 1.45. The molecule has 160 valence electrons. The number of amides is 2. The van der Waals surface area contributed by atoms with Crippen molar-refractivity contribution >= 4 is 23.3 Å². The molecule has 1 heterocycles. The molecule has 0 bridgehead atoms. The average molecular weight is 426 g/mol. The first kappa shape index (κ1) is 20.9. The first-order chi connectivity index (χ1) is 15.5. The summed E-state index contributed by atoms with van der Waals surface area (Å²) < 4.78 is 6.73. The van der Waals surface area contributed by atoms with Gasteiger partial charge in [0.25, 0.3) is 11.8 Å². The number of nitrogens with one attached hydrogen (secondary N) is 2. The summed E-state index contributed by atoms with van der Waals surface area (Å²) in [5.74, 6) is 0.857. The van der Waals surface area contributed by atoms with Crippen molar-refractivity contribution in [2.75, 3.05) is 17.7 Å². The maximum Gasteiger partial charge on any atom is 0.256 e. The largest absolute Gasteiger partial charge is 0.497 e. The van der Waals surface area contributed by atoms with Crippen molar-refractivity contribution in [2.24, 2.45) is 7.05 Å². The number of hydrogen-bond donors (Lipinski definition) is 2. The lowest BCUT2D eigenvalue weighted by molar-refractivity contribution is 0.101. The second-order valence-electron chi connectivity index (χ2n) is 7.12. The van der Waals surface area contributed by atoms with Gasteiger partial charge in [-0.1, -0.05) is 30.3 Å². The Hall–Kier alpha value is -4.39. The Bertz CT molecular complexity index is 1230. The predicted molar refractivity (Wildman–Crippen MR) is 124 cm³/mol. The van der Waals surface area contributed by atoms with E-state index in [0.29, 0.717) is 34.1 Å². The van der Waals surface area contributed by atoms with Crippen LogP contribution in [0.5, 0.6) is 5.75 Å². The number of carbonyl (C=O) groups is 2. The molecule has 4 aromatic rings. The van der Waals surface area contributed by atoms with Crippen LogP contribution in [-0.2, 0) is 7.05 Å². The van der Waals surface area contributed by atoms with E-state index in [1.165, 1.54) is 0 Å². The number of hydrogen-bond acceptors (Lipinski definition) is 4. The van der Waals surface area contributed by atoms with Gasteiger partial charge in [0.1, 0.15) is 11.6 Å². The van der Waals surface area contributed by atoms with Gasteiger partial charge in [0.2, 0.25) is 0 Å². The molecule has 7 heteroatoms. The van der Waals surface area contributed by atoms with Crippen LogP contribution in [0.1, 0.15) is 20.7 Å². The molecule has 0 aliphatic heterocycles. The van der Waals surface area contributed by atoms with Crippen molar-refractivity contribution in [1.29, 1.82) is 0 Å². The molecule has 2 amide bonds. The van der Waals surface area contributed by atoms with Gasteiger partial charge in [-0.25, -0.2) is 0 Å². The van der Waals surface area contributed by atoms with Crippen LogP contribution < -0.4 is 15.4 Å². The molecule has 32 heavy (non-hydrogen) atoms. The lowest BCUT2D eigenvalue weighted by Crippen LogP contribution is -2.14. The average Bonchev–Trinajstić information content (AvgIpc) is 3.20. The van der Waals surface area contributed by atoms with Crippen LogP contribution in [0.15, 0.2) is 84.9 Å². The van der Waals surface area contributed by atoms with E-state index in [0.717, 1.165) is 5.56 Å². The summed E-state index contributed by atoms with van der Waals surface area (Å²) in [5.41, 5.74) is 3.37. The van der Waals surface area contributed by atoms with Gasteiger partial charge in [-0.15, -0.1) is 0 Å². The Morgan fingerprint density at radius 3 is 2.09 bits per heavy atom. The maximum atomic E-state index is 12.5. The summed E-state index contributed by atoms with van der Waals surface area (Å²) in [6, 6.07) is 25.1. The summed E-state index contributed by atoms with van der Waals surface area (Å²) in [5, 5.41) is 10.2. The minimum Gasteiger partial charge on any atom is -0.497 e. The first-order valence-electron chi connectivity index (χ1n) is 10.00. The van der Waals surface area contributed by atoms with Crippen molar-refractivity contribution in [3.63, 3.8) is 0 Å². The van der Waals surface area contributed by atoms with E-state index in [1.54, 1.807) is 61.3 Å². The van der Waals surface area contributed by atoms with Gasteiger partial charge in [-0.3, -0.25) is 14.3 Å². The Kier molecular flexibility index (Phi) is 5.98. The summed E-state index contributed by atoms with van der Waals surface area (Å²) in [6.07, 6.45) is 0. The van der Waals surface area contributed by atoms with Crippen molar-refractivity contribution < 1.29 is 14.3 Å². The van der Waals surface area contributed by atoms with Crippen LogP contribution in [0.3, 0.4) is 0 Å². The smallest absolute Gasteiger partial charge is 0.256 e. The predicted octanol–water partition coefficient (Wildman–Crippen LogP) is 4.60. The lowest BCUT2D eigenvalue weighted by atomic mass is 10.1. The standard InChI is InChI=1S/C25H22N4O3/c1-29-23(27-25(31)19-10-14-21(32-2)15-11-19)16-22(28-29)17-8-12-20(13-9-17)26-24(30)18-6-4-3-5-7-18/h3-16H,1-2H3,(H,26,30)(H,27,31). The van der Waals surface area contributed by atoms with Crippen LogP contribution in [0.4, 0.5) is 11.5 Å². The third kappa shape index (κ3) is 4.67. The zero-order valence-electron chi connectivity index (χ0n) is 17.7. The summed E-state index contributed by atoms with van der Waals surface area (Å²) in [4.78, 5) is 24.8. The van der Waals surface area contributed by atoms with Gasteiger partial charge in [-0.2, -0.15) is 5.10 Å². The fraction of sp³-hybridized carbons (Fsp3) is 0.0800. The molecule has 0 aliphatic rings. The highest BCUT2D eigenvalue weighted by molar-refractivity contribution is 6.05. The van der Waals surface area contributed by atoms with Crippen molar-refractivity contribution in [1.82, 2.24) is 9.78 Å². The quantitative estimate of drug-likeness (QED) is 0.472. The molecule has 0 fully saturated rings. The van der Waals surface area contributed by atoms with E-state index in [-0.39, 0.29) is 11.8 Å². The second-order valence-corrected chi connectivity index (χ2v) is 7.12. The van der Waals surface area contributed by atoms with Crippen LogP contribution in [0.25, 0.3) is 11.3 Å². The van der Waals surface area contributed by atoms with Gasteiger partial charge < -0.3 is 15.4 Å². The Morgan fingerprint density at radius 2 is 1.44 bits per heavy atom. The molecule has 4 rings (SSSR count). The topological polar surface area (TPSA) is 85.2 Å². The molecular weight excluding hydrogens is 404 g/mol. The molecule has 0 unspecified atom stereocenters. The molecular formula is C25H22N4O3. The highest BCUT2D eigenvalue weighted by Crippen LogP contribution is 2.24. The summed E-state index contributed by atoms with van der Waals surface area (Å²) in [7, 11) is 3.34. The zero-order chi connectivity index (χ0) is 22.5. The van der Waals surface area contributed by atoms with Crippen LogP contribution in [-0.4, -0.2) is 28.7 Å². The summed E-state index contributed by atoms with van der Waals surface area (Å²) >= 11 is 0. The fourth-order valence-corrected chi connectivity index (χ4v) is 3.17. The van der Waals surface area contributed by atoms with E-state index in [1.807, 2.05) is 42.5 Å². The molecule has 0 atom stereocenters. The minimum absolute atomic E-state index is 0.167. The van der Waals surface area contributed by atoms with Gasteiger partial charge in [-0.05, 0) is 48.5 Å². The second kappa shape index (κ2) is 9.18. The van der Waals surface area contributed by atoms with Crippen molar-refractivity contribution in [3.05, 3.63) is 96.1 Å². The first-order valence-corrected chi connectivity index (χ1v) is 10.00. The van der Waals surface area contributed by atoms with Crippen molar-refractivity contribution in [2.45, 2.75) is 0 Å². The normalized spacial score (nSPS) is 10.4. The molecule has 0 saturated heterocycles. The van der Waals surface area contributed by atoms with Crippen LogP contribution in [0, 0.1) is 0 Å².